The van der Waals surface area contributed by atoms with Crippen LogP contribution >= 0.6 is 11.6 Å². The van der Waals surface area contributed by atoms with Gasteiger partial charge in [-0.25, -0.2) is 4.39 Å². The first kappa shape index (κ1) is 22.4. The van der Waals surface area contributed by atoms with Crippen LogP contribution in [0.25, 0.3) is 0 Å². The maximum absolute atomic E-state index is 14.1. The molecular formula is C22H22ClFN2O3. The van der Waals surface area contributed by atoms with Crippen LogP contribution in [0.2, 0.25) is 5.02 Å². The molecule has 2 aromatic rings. The molecule has 0 bridgehead atoms. The van der Waals surface area contributed by atoms with Gasteiger partial charge in [-0.3, -0.25) is 9.59 Å². The summed E-state index contributed by atoms with van der Waals surface area (Å²) in [5.74, 6) is -2.38. The number of anilines is 1. The number of ether oxygens (including phenoxy) is 1. The van der Waals surface area contributed by atoms with Crippen molar-refractivity contribution in [2.75, 3.05) is 18.1 Å². The van der Waals surface area contributed by atoms with E-state index >= 15 is 0 Å². The Morgan fingerprint density at radius 3 is 2.41 bits per heavy atom. The Kier molecular flexibility index (Phi) is 8.17. The average molecular weight is 417 g/mol. The maximum Gasteiger partial charge on any atom is 0.314 e. The van der Waals surface area contributed by atoms with E-state index in [-0.39, 0.29) is 24.6 Å². The topological polar surface area (TPSA) is 70.4 Å². The largest absolute Gasteiger partial charge is 0.455 e. The lowest BCUT2D eigenvalue weighted by molar-refractivity contribution is -0.150. The van der Waals surface area contributed by atoms with Crippen LogP contribution in [0.5, 0.6) is 0 Å². The highest BCUT2D eigenvalue weighted by atomic mass is 35.5. The van der Waals surface area contributed by atoms with Crippen LogP contribution in [0.15, 0.2) is 48.5 Å². The van der Waals surface area contributed by atoms with Gasteiger partial charge in [0.05, 0.1) is 24.1 Å². The van der Waals surface area contributed by atoms with Crippen LogP contribution in [0, 0.1) is 23.1 Å². The van der Waals surface area contributed by atoms with Gasteiger partial charge in [0.1, 0.15) is 5.82 Å². The zero-order valence-corrected chi connectivity index (χ0v) is 17.0. The van der Waals surface area contributed by atoms with Crippen molar-refractivity contribution in [3.8, 4) is 6.07 Å². The van der Waals surface area contributed by atoms with E-state index in [9.17, 15) is 14.0 Å². The highest BCUT2D eigenvalue weighted by Crippen LogP contribution is 2.27. The lowest BCUT2D eigenvalue weighted by Gasteiger charge is -2.24. The minimum atomic E-state index is -0.600. The van der Waals surface area contributed by atoms with E-state index in [1.165, 1.54) is 18.2 Å². The summed E-state index contributed by atoms with van der Waals surface area (Å²) in [7, 11) is 0. The Labute approximate surface area is 174 Å². The zero-order valence-electron chi connectivity index (χ0n) is 16.3. The number of halogens is 2. The van der Waals surface area contributed by atoms with Crippen LogP contribution in [0.4, 0.5) is 10.1 Å². The maximum atomic E-state index is 14.1. The highest BCUT2D eigenvalue weighted by molar-refractivity contribution is 6.30. The lowest BCUT2D eigenvalue weighted by Crippen LogP contribution is -2.37. The van der Waals surface area contributed by atoms with Crippen LogP contribution in [-0.2, 0) is 14.3 Å². The van der Waals surface area contributed by atoms with Gasteiger partial charge in [0.25, 0.3) is 5.91 Å². The molecule has 2 aromatic carbocycles. The number of hydrogen-bond donors (Lipinski definition) is 0. The molecule has 0 aromatic heterocycles. The third-order valence-corrected chi connectivity index (χ3v) is 4.63. The number of amides is 1. The molecule has 152 valence electrons. The molecule has 0 saturated heterocycles. The van der Waals surface area contributed by atoms with E-state index < -0.39 is 30.2 Å². The quantitative estimate of drug-likeness (QED) is 0.584. The summed E-state index contributed by atoms with van der Waals surface area (Å²) in [5.41, 5.74) is 0.777. The second kappa shape index (κ2) is 10.6. The molecule has 0 aliphatic carbocycles. The van der Waals surface area contributed by atoms with E-state index in [2.05, 4.69) is 0 Å². The molecule has 0 N–H and O–H groups in total. The second-order valence-electron chi connectivity index (χ2n) is 6.79. The molecule has 2 rings (SSSR count). The molecule has 0 radical (unpaired) electrons. The van der Waals surface area contributed by atoms with Crippen LogP contribution in [-0.4, -0.2) is 25.0 Å². The normalized spacial score (nSPS) is 11.6. The van der Waals surface area contributed by atoms with E-state index in [1.807, 2.05) is 19.9 Å². The number of esters is 1. The van der Waals surface area contributed by atoms with Crippen LogP contribution in [0.3, 0.4) is 0 Å². The van der Waals surface area contributed by atoms with Gasteiger partial charge < -0.3 is 9.64 Å². The molecule has 0 fully saturated rings. The highest BCUT2D eigenvalue weighted by Gasteiger charge is 2.27. The number of nitrogens with zero attached hydrogens (tertiary/aromatic N) is 2. The lowest BCUT2D eigenvalue weighted by atomic mass is 9.88. The number of hydrogen-bond acceptors (Lipinski definition) is 4. The Balaban J connectivity index is 2.13. The number of para-hydroxylation sites is 1. The van der Waals surface area contributed by atoms with Crippen molar-refractivity contribution in [1.82, 2.24) is 0 Å². The monoisotopic (exact) mass is 416 g/mol. The Bertz CT molecular complexity index is 894. The van der Waals surface area contributed by atoms with Gasteiger partial charge in [0.2, 0.25) is 0 Å². The molecule has 1 atom stereocenters. The van der Waals surface area contributed by atoms with Gasteiger partial charge in [-0.2, -0.15) is 5.26 Å². The summed E-state index contributed by atoms with van der Waals surface area (Å²) in [6, 6.07) is 14.6. The first-order chi connectivity index (χ1) is 13.8. The van der Waals surface area contributed by atoms with Crippen molar-refractivity contribution in [1.29, 1.82) is 5.26 Å². The van der Waals surface area contributed by atoms with Gasteiger partial charge in [-0.15, -0.1) is 0 Å². The van der Waals surface area contributed by atoms with Crippen molar-refractivity contribution >= 4 is 29.2 Å². The van der Waals surface area contributed by atoms with Crippen LogP contribution < -0.4 is 4.90 Å². The SMILES string of the molecule is CC(C)C(C(=O)OCC(=O)N(CCC#N)c1ccccc1F)c1ccc(Cl)cc1. The van der Waals surface area contributed by atoms with Crippen molar-refractivity contribution in [2.24, 2.45) is 5.92 Å². The summed E-state index contributed by atoms with van der Waals surface area (Å²) in [6.07, 6.45) is 0.0212. The van der Waals surface area contributed by atoms with Gasteiger partial charge in [-0.1, -0.05) is 49.7 Å². The minimum Gasteiger partial charge on any atom is -0.455 e. The smallest absolute Gasteiger partial charge is 0.314 e. The molecule has 0 aliphatic rings. The molecule has 7 heteroatoms. The molecule has 0 saturated carbocycles. The molecule has 5 nitrogen and oxygen atoms in total. The van der Waals surface area contributed by atoms with E-state index in [1.54, 1.807) is 30.3 Å². The third-order valence-electron chi connectivity index (χ3n) is 4.38. The van der Waals surface area contributed by atoms with Gasteiger partial charge in [0, 0.05) is 11.6 Å². The van der Waals surface area contributed by atoms with E-state index in [4.69, 9.17) is 21.6 Å². The number of rotatable bonds is 8. The predicted molar refractivity (Wildman–Crippen MR) is 109 cm³/mol. The number of benzene rings is 2. The summed E-state index contributed by atoms with van der Waals surface area (Å²) in [4.78, 5) is 26.4. The number of carbonyl (C=O) groups is 2. The second-order valence-corrected chi connectivity index (χ2v) is 7.22. The number of nitriles is 1. The standard InChI is InChI=1S/C22H22ClFN2O3/c1-15(2)21(16-8-10-17(23)11-9-16)22(28)29-14-20(27)26(13-5-12-25)19-7-4-3-6-18(19)24/h3-4,6-11,15,21H,5,13-14H2,1-2H3. The molecule has 0 aliphatic heterocycles. The fourth-order valence-electron chi connectivity index (χ4n) is 2.98. The van der Waals surface area contributed by atoms with E-state index in [0.717, 1.165) is 10.5 Å². The summed E-state index contributed by atoms with van der Waals surface area (Å²) in [5, 5.41) is 9.39. The van der Waals surface area contributed by atoms with Gasteiger partial charge in [-0.05, 0) is 35.7 Å². The fourth-order valence-corrected chi connectivity index (χ4v) is 3.10. The van der Waals surface area contributed by atoms with Crippen molar-refractivity contribution < 1.29 is 18.7 Å². The van der Waals surface area contributed by atoms with Crippen LogP contribution in [0.1, 0.15) is 31.7 Å². The molecule has 0 spiro atoms. The van der Waals surface area contributed by atoms with Crippen molar-refractivity contribution in [3.05, 3.63) is 64.9 Å². The van der Waals surface area contributed by atoms with E-state index in [0.29, 0.717) is 5.02 Å². The first-order valence-corrected chi connectivity index (χ1v) is 9.57. The predicted octanol–water partition coefficient (Wildman–Crippen LogP) is 4.71. The summed E-state index contributed by atoms with van der Waals surface area (Å²) in [6.45, 7) is 3.20. The number of carbonyl (C=O) groups excluding carboxylic acids is 2. The molecule has 29 heavy (non-hydrogen) atoms. The Hall–Kier alpha value is -2.91. The van der Waals surface area contributed by atoms with Crippen molar-refractivity contribution in [2.45, 2.75) is 26.2 Å². The molecule has 1 amide bonds. The zero-order chi connectivity index (χ0) is 21.4. The Morgan fingerprint density at radius 2 is 1.83 bits per heavy atom. The van der Waals surface area contributed by atoms with Crippen molar-refractivity contribution in [3.63, 3.8) is 0 Å². The average Bonchev–Trinajstić information content (AvgIpc) is 2.69. The summed E-state index contributed by atoms with van der Waals surface area (Å²) < 4.78 is 19.4. The molecule has 1 unspecified atom stereocenters. The Morgan fingerprint density at radius 1 is 1.17 bits per heavy atom. The van der Waals surface area contributed by atoms with Gasteiger partial charge >= 0.3 is 5.97 Å². The van der Waals surface area contributed by atoms with Gasteiger partial charge in [0.15, 0.2) is 6.61 Å². The third kappa shape index (κ3) is 6.03. The molecular weight excluding hydrogens is 395 g/mol. The molecule has 0 heterocycles. The summed E-state index contributed by atoms with van der Waals surface area (Å²) >= 11 is 5.91. The minimum absolute atomic E-state index is 0.00138. The fraction of sp³-hybridized carbons (Fsp3) is 0.318. The first-order valence-electron chi connectivity index (χ1n) is 9.19.